The van der Waals surface area contributed by atoms with Gasteiger partial charge in [0.15, 0.2) is 0 Å². The lowest BCUT2D eigenvalue weighted by Gasteiger charge is -2.22. The molecular formula is C14H23N5O. The number of rotatable bonds is 8. The molecule has 1 saturated carbocycles. The minimum atomic E-state index is -0.367. The van der Waals surface area contributed by atoms with E-state index >= 15 is 0 Å². The Bertz CT molecular complexity index is 441. The van der Waals surface area contributed by atoms with E-state index in [1.165, 1.54) is 12.8 Å². The molecular weight excluding hydrogens is 254 g/mol. The molecule has 1 aromatic heterocycles. The summed E-state index contributed by atoms with van der Waals surface area (Å²) in [7, 11) is 0. The maximum atomic E-state index is 11.1. The molecule has 3 N–H and O–H groups in total. The average Bonchev–Trinajstić information content (AvgIpc) is 3.19. The van der Waals surface area contributed by atoms with Crippen molar-refractivity contribution in [1.29, 1.82) is 0 Å². The van der Waals surface area contributed by atoms with E-state index in [0.717, 1.165) is 12.1 Å². The van der Waals surface area contributed by atoms with Crippen LogP contribution in [0.1, 0.15) is 32.3 Å². The zero-order valence-electron chi connectivity index (χ0n) is 12.2. The monoisotopic (exact) mass is 277 g/mol. The molecule has 6 nitrogen and oxygen atoms in total. The van der Waals surface area contributed by atoms with E-state index in [2.05, 4.69) is 29.1 Å². The van der Waals surface area contributed by atoms with Crippen molar-refractivity contribution in [2.24, 2.45) is 11.7 Å². The Kier molecular flexibility index (Phi) is 4.89. The molecule has 1 fully saturated rings. The molecule has 0 spiro atoms. The summed E-state index contributed by atoms with van der Waals surface area (Å²) < 4.78 is 0. The van der Waals surface area contributed by atoms with Gasteiger partial charge in [-0.15, -0.1) is 0 Å². The first-order chi connectivity index (χ1) is 9.54. The summed E-state index contributed by atoms with van der Waals surface area (Å²) in [6.07, 6.45) is 6.15. The first kappa shape index (κ1) is 14.7. The molecule has 0 bridgehead atoms. The van der Waals surface area contributed by atoms with E-state index in [9.17, 15) is 4.79 Å². The Morgan fingerprint density at radius 1 is 1.45 bits per heavy atom. The van der Waals surface area contributed by atoms with Gasteiger partial charge in [-0.05, 0) is 18.8 Å². The van der Waals surface area contributed by atoms with Crippen molar-refractivity contribution in [3.63, 3.8) is 0 Å². The van der Waals surface area contributed by atoms with E-state index in [1.807, 2.05) is 17.3 Å². The normalized spacial score (nSPS) is 14.6. The van der Waals surface area contributed by atoms with Crippen molar-refractivity contribution in [3.05, 3.63) is 18.0 Å². The summed E-state index contributed by atoms with van der Waals surface area (Å²) in [6.45, 7) is 5.83. The number of aromatic nitrogens is 2. The second-order valence-corrected chi connectivity index (χ2v) is 5.79. The van der Waals surface area contributed by atoms with Crippen LogP contribution in [0.2, 0.25) is 0 Å². The van der Waals surface area contributed by atoms with Crippen molar-refractivity contribution in [1.82, 2.24) is 15.3 Å². The van der Waals surface area contributed by atoms with Gasteiger partial charge >= 0.3 is 0 Å². The quantitative estimate of drug-likeness (QED) is 0.730. The molecule has 110 valence electrons. The number of nitrogens with one attached hydrogen (secondary N) is 1. The molecule has 0 radical (unpaired) electrons. The van der Waals surface area contributed by atoms with Gasteiger partial charge in [0.1, 0.15) is 0 Å². The molecule has 0 unspecified atom stereocenters. The number of hydrogen-bond donors (Lipinski definition) is 2. The predicted molar refractivity (Wildman–Crippen MR) is 78.1 cm³/mol. The van der Waals surface area contributed by atoms with Gasteiger partial charge in [0.05, 0.1) is 6.54 Å². The zero-order valence-corrected chi connectivity index (χ0v) is 12.2. The third kappa shape index (κ3) is 4.77. The molecule has 1 heterocycles. The lowest BCUT2D eigenvalue weighted by Crippen LogP contribution is -2.37. The minimum absolute atomic E-state index is 0.151. The Balaban J connectivity index is 1.97. The SMILES string of the molecule is CC(C)CN(CC(N)=O)c1ncc(CNC2CC2)cn1. The molecule has 1 aliphatic rings. The highest BCUT2D eigenvalue weighted by molar-refractivity contribution is 5.78. The summed E-state index contributed by atoms with van der Waals surface area (Å²) in [6, 6.07) is 0.668. The van der Waals surface area contributed by atoms with Crippen molar-refractivity contribution in [2.45, 2.75) is 39.3 Å². The highest BCUT2D eigenvalue weighted by Gasteiger charge is 2.20. The van der Waals surface area contributed by atoms with E-state index < -0.39 is 0 Å². The van der Waals surface area contributed by atoms with Crippen LogP contribution in [-0.4, -0.2) is 35.0 Å². The van der Waals surface area contributed by atoms with Crippen molar-refractivity contribution >= 4 is 11.9 Å². The second-order valence-electron chi connectivity index (χ2n) is 5.79. The summed E-state index contributed by atoms with van der Waals surface area (Å²) >= 11 is 0. The summed E-state index contributed by atoms with van der Waals surface area (Å²) in [4.78, 5) is 21.7. The molecule has 2 rings (SSSR count). The number of amides is 1. The van der Waals surface area contributed by atoms with Gasteiger partial charge in [0.2, 0.25) is 11.9 Å². The molecule has 0 atom stereocenters. The van der Waals surface area contributed by atoms with Gasteiger partial charge in [0.25, 0.3) is 0 Å². The van der Waals surface area contributed by atoms with Gasteiger partial charge in [-0.2, -0.15) is 0 Å². The number of nitrogens with two attached hydrogens (primary N) is 1. The second kappa shape index (κ2) is 6.65. The largest absolute Gasteiger partial charge is 0.368 e. The van der Waals surface area contributed by atoms with Crippen LogP contribution >= 0.6 is 0 Å². The number of carbonyl (C=O) groups excluding carboxylic acids is 1. The number of nitrogens with zero attached hydrogens (tertiary/aromatic N) is 3. The van der Waals surface area contributed by atoms with Crippen LogP contribution in [0, 0.1) is 5.92 Å². The van der Waals surface area contributed by atoms with Crippen molar-refractivity contribution < 1.29 is 4.79 Å². The summed E-state index contributed by atoms with van der Waals surface area (Å²) in [5.74, 6) is 0.607. The fraction of sp³-hybridized carbons (Fsp3) is 0.643. The van der Waals surface area contributed by atoms with Gasteiger partial charge < -0.3 is 16.0 Å². The van der Waals surface area contributed by atoms with Crippen LogP contribution < -0.4 is 16.0 Å². The van der Waals surface area contributed by atoms with Crippen molar-refractivity contribution in [3.8, 4) is 0 Å². The Morgan fingerprint density at radius 2 is 2.10 bits per heavy atom. The van der Waals surface area contributed by atoms with E-state index in [0.29, 0.717) is 24.5 Å². The number of primary amides is 1. The predicted octanol–water partition coefficient (Wildman–Crippen LogP) is 0.676. The van der Waals surface area contributed by atoms with Crippen LogP contribution in [-0.2, 0) is 11.3 Å². The minimum Gasteiger partial charge on any atom is -0.368 e. The lowest BCUT2D eigenvalue weighted by atomic mass is 10.2. The van der Waals surface area contributed by atoms with Crippen LogP contribution in [0.3, 0.4) is 0 Å². The van der Waals surface area contributed by atoms with Crippen molar-refractivity contribution in [2.75, 3.05) is 18.0 Å². The Labute approximate surface area is 119 Å². The third-order valence-electron chi connectivity index (χ3n) is 3.08. The molecule has 6 heteroatoms. The molecule has 20 heavy (non-hydrogen) atoms. The Hall–Kier alpha value is -1.69. The van der Waals surface area contributed by atoms with E-state index in [1.54, 1.807) is 0 Å². The van der Waals surface area contributed by atoms with Gasteiger partial charge in [-0.25, -0.2) is 9.97 Å². The Morgan fingerprint density at radius 3 is 2.60 bits per heavy atom. The molecule has 0 aliphatic heterocycles. The first-order valence-electron chi connectivity index (χ1n) is 7.12. The number of anilines is 1. The molecule has 0 aromatic carbocycles. The number of carbonyl (C=O) groups is 1. The average molecular weight is 277 g/mol. The highest BCUT2D eigenvalue weighted by atomic mass is 16.1. The molecule has 1 amide bonds. The first-order valence-corrected chi connectivity index (χ1v) is 7.12. The van der Waals surface area contributed by atoms with E-state index in [4.69, 9.17) is 5.73 Å². The van der Waals surface area contributed by atoms with Crippen LogP contribution in [0.5, 0.6) is 0 Å². The highest BCUT2D eigenvalue weighted by Crippen LogP contribution is 2.19. The fourth-order valence-electron chi connectivity index (χ4n) is 2.00. The van der Waals surface area contributed by atoms with E-state index in [-0.39, 0.29) is 12.5 Å². The lowest BCUT2D eigenvalue weighted by molar-refractivity contribution is -0.116. The smallest absolute Gasteiger partial charge is 0.237 e. The summed E-state index contributed by atoms with van der Waals surface area (Å²) in [5, 5.41) is 3.42. The van der Waals surface area contributed by atoms with Crippen LogP contribution in [0.25, 0.3) is 0 Å². The van der Waals surface area contributed by atoms with Crippen LogP contribution in [0.15, 0.2) is 12.4 Å². The topological polar surface area (TPSA) is 84.1 Å². The molecule has 0 saturated heterocycles. The van der Waals surface area contributed by atoms with Gasteiger partial charge in [-0.3, -0.25) is 4.79 Å². The molecule has 1 aliphatic carbocycles. The fourth-order valence-corrected chi connectivity index (χ4v) is 2.00. The maximum absolute atomic E-state index is 11.1. The maximum Gasteiger partial charge on any atom is 0.237 e. The van der Waals surface area contributed by atoms with Crippen LogP contribution in [0.4, 0.5) is 5.95 Å². The molecule has 1 aromatic rings. The van der Waals surface area contributed by atoms with Gasteiger partial charge in [0, 0.05) is 37.1 Å². The standard InChI is InChI=1S/C14H23N5O/c1-10(2)8-19(9-13(15)20)14-17-6-11(7-18-14)5-16-12-3-4-12/h6-7,10,12,16H,3-5,8-9H2,1-2H3,(H2,15,20). The number of hydrogen-bond acceptors (Lipinski definition) is 5. The zero-order chi connectivity index (χ0) is 14.5. The summed E-state index contributed by atoms with van der Waals surface area (Å²) in [5.41, 5.74) is 6.34. The van der Waals surface area contributed by atoms with Gasteiger partial charge in [-0.1, -0.05) is 13.8 Å². The third-order valence-corrected chi connectivity index (χ3v) is 3.08.